The van der Waals surface area contributed by atoms with E-state index in [1.807, 2.05) is 12.5 Å². The van der Waals surface area contributed by atoms with Crippen molar-refractivity contribution >= 4 is 11.8 Å². The summed E-state index contributed by atoms with van der Waals surface area (Å²) in [7, 11) is 0. The Balaban J connectivity index is 2.05. The zero-order chi connectivity index (χ0) is 11.0. The molecule has 0 amide bonds. The Morgan fingerprint density at radius 3 is 3.25 bits per heavy atom. The number of nitrogens with zero attached hydrogens (tertiary/aromatic N) is 2. The lowest BCUT2D eigenvalue weighted by Gasteiger charge is -2.16. The van der Waals surface area contributed by atoms with Gasteiger partial charge in [-0.05, 0) is 30.7 Å². The first-order chi connectivity index (χ1) is 7.84. The van der Waals surface area contributed by atoms with Crippen molar-refractivity contribution in [2.24, 2.45) is 5.92 Å². The van der Waals surface area contributed by atoms with Crippen molar-refractivity contribution in [3.63, 3.8) is 0 Å². The number of imidazole rings is 1. The first kappa shape index (κ1) is 9.46. The van der Waals surface area contributed by atoms with E-state index in [1.165, 1.54) is 11.4 Å². The first-order valence-electron chi connectivity index (χ1n) is 5.69. The minimum absolute atomic E-state index is 0.615. The van der Waals surface area contributed by atoms with Crippen LogP contribution in [0.15, 0.2) is 30.8 Å². The monoisotopic (exact) mass is 213 g/mol. The van der Waals surface area contributed by atoms with Crippen LogP contribution in [0.1, 0.15) is 24.7 Å². The summed E-state index contributed by atoms with van der Waals surface area (Å²) >= 11 is 0. The van der Waals surface area contributed by atoms with Gasteiger partial charge in [0.05, 0.1) is 17.9 Å². The van der Waals surface area contributed by atoms with E-state index in [1.54, 1.807) is 0 Å². The number of hydrogen-bond acceptors (Lipinski definition) is 2. The van der Waals surface area contributed by atoms with Crippen LogP contribution in [0.3, 0.4) is 0 Å². The zero-order valence-corrected chi connectivity index (χ0v) is 9.35. The lowest BCUT2D eigenvalue weighted by molar-refractivity contribution is 0.732. The second kappa shape index (κ2) is 3.67. The highest BCUT2D eigenvalue weighted by Crippen LogP contribution is 2.23. The summed E-state index contributed by atoms with van der Waals surface area (Å²) in [4.78, 5) is 4.43. The van der Waals surface area contributed by atoms with Gasteiger partial charge in [-0.15, -0.1) is 0 Å². The van der Waals surface area contributed by atoms with Crippen molar-refractivity contribution < 1.29 is 0 Å². The molecule has 1 N–H and O–H groups in total. The average Bonchev–Trinajstić information content (AvgIpc) is 2.72. The summed E-state index contributed by atoms with van der Waals surface area (Å²) in [6, 6.07) is 0. The fourth-order valence-corrected chi connectivity index (χ4v) is 2.19. The van der Waals surface area contributed by atoms with Crippen LogP contribution < -0.4 is 5.32 Å². The van der Waals surface area contributed by atoms with Gasteiger partial charge in [0.25, 0.3) is 0 Å². The molecule has 3 rings (SSSR count). The topological polar surface area (TPSA) is 29.9 Å². The van der Waals surface area contributed by atoms with E-state index in [0.717, 1.165) is 18.7 Å². The Bertz CT molecular complexity index is 491. The Morgan fingerprint density at radius 2 is 2.38 bits per heavy atom. The van der Waals surface area contributed by atoms with Gasteiger partial charge in [-0.2, -0.15) is 0 Å². The quantitative estimate of drug-likeness (QED) is 0.776. The van der Waals surface area contributed by atoms with Gasteiger partial charge < -0.3 is 5.32 Å². The Morgan fingerprint density at radius 1 is 1.44 bits per heavy atom. The molecule has 0 bridgehead atoms. The highest BCUT2D eigenvalue weighted by molar-refractivity contribution is 5.65. The van der Waals surface area contributed by atoms with Gasteiger partial charge in [0, 0.05) is 5.70 Å². The predicted octanol–water partition coefficient (Wildman–Crippen LogP) is 2.39. The van der Waals surface area contributed by atoms with Gasteiger partial charge in [0.15, 0.2) is 0 Å². The van der Waals surface area contributed by atoms with Crippen molar-refractivity contribution in [1.29, 1.82) is 0 Å². The van der Waals surface area contributed by atoms with Gasteiger partial charge in [0.1, 0.15) is 6.33 Å². The molecule has 2 heterocycles. The maximum absolute atomic E-state index is 4.43. The number of allylic oxidation sites excluding steroid dienone is 4. The molecule has 0 aromatic carbocycles. The van der Waals surface area contributed by atoms with Gasteiger partial charge in [-0.25, -0.2) is 4.98 Å². The summed E-state index contributed by atoms with van der Waals surface area (Å²) in [6.07, 6.45) is 13.8. The molecule has 82 valence electrons. The number of rotatable bonds is 1. The van der Waals surface area contributed by atoms with Gasteiger partial charge in [0.2, 0.25) is 0 Å². The summed E-state index contributed by atoms with van der Waals surface area (Å²) in [6.45, 7) is 3.07. The molecule has 2 aliphatic rings. The van der Waals surface area contributed by atoms with Crippen LogP contribution in [0.2, 0.25) is 0 Å². The van der Waals surface area contributed by atoms with E-state index >= 15 is 0 Å². The van der Waals surface area contributed by atoms with Crippen molar-refractivity contribution in [3.05, 3.63) is 42.1 Å². The molecule has 1 atom stereocenters. The van der Waals surface area contributed by atoms with E-state index < -0.39 is 0 Å². The summed E-state index contributed by atoms with van der Waals surface area (Å²) in [5, 5.41) is 3.17. The van der Waals surface area contributed by atoms with E-state index in [9.17, 15) is 0 Å². The molecule has 0 fully saturated rings. The van der Waals surface area contributed by atoms with Crippen LogP contribution in [0.4, 0.5) is 0 Å². The van der Waals surface area contributed by atoms with E-state index in [0.29, 0.717) is 5.92 Å². The molecule has 1 aromatic heterocycles. The van der Waals surface area contributed by atoms with E-state index in [-0.39, 0.29) is 0 Å². The number of fused-ring (bicyclic) bond motifs is 1. The third kappa shape index (κ3) is 1.48. The molecule has 0 spiro atoms. The van der Waals surface area contributed by atoms with Gasteiger partial charge in [-0.1, -0.05) is 19.1 Å². The molecule has 1 aliphatic heterocycles. The Hall–Kier alpha value is -1.77. The second-order valence-corrected chi connectivity index (χ2v) is 4.37. The molecular formula is C13H15N3. The van der Waals surface area contributed by atoms with Crippen LogP contribution in [0.5, 0.6) is 0 Å². The lowest BCUT2D eigenvalue weighted by Crippen LogP contribution is -2.12. The fraction of sp³-hybridized carbons (Fsp3) is 0.308. The maximum atomic E-state index is 4.43. The third-order valence-corrected chi connectivity index (χ3v) is 3.04. The molecular weight excluding hydrogens is 198 g/mol. The molecule has 3 nitrogen and oxygen atoms in total. The third-order valence-electron chi connectivity index (χ3n) is 3.04. The van der Waals surface area contributed by atoms with Crippen molar-refractivity contribution in [1.82, 2.24) is 14.9 Å². The Kier molecular flexibility index (Phi) is 2.17. The molecule has 16 heavy (non-hydrogen) atoms. The fourth-order valence-electron chi connectivity index (χ4n) is 2.19. The SMILES string of the molecule is CC1C=C(n2cnc3c2C=CNC3)C=CC1. The highest BCUT2D eigenvalue weighted by atomic mass is 15.1. The maximum Gasteiger partial charge on any atom is 0.100 e. The number of nitrogens with one attached hydrogen (secondary N) is 1. The minimum atomic E-state index is 0.615. The molecule has 0 radical (unpaired) electrons. The summed E-state index contributed by atoms with van der Waals surface area (Å²) in [5.41, 5.74) is 3.55. The highest BCUT2D eigenvalue weighted by Gasteiger charge is 2.14. The number of hydrogen-bond donors (Lipinski definition) is 1. The van der Waals surface area contributed by atoms with Crippen LogP contribution in [0, 0.1) is 5.92 Å². The van der Waals surface area contributed by atoms with Crippen LogP contribution in [-0.2, 0) is 6.54 Å². The van der Waals surface area contributed by atoms with Crippen molar-refractivity contribution in [2.75, 3.05) is 0 Å². The smallest absolute Gasteiger partial charge is 0.100 e. The molecule has 1 aliphatic carbocycles. The van der Waals surface area contributed by atoms with E-state index in [2.05, 4.69) is 46.1 Å². The second-order valence-electron chi connectivity index (χ2n) is 4.37. The molecule has 1 unspecified atom stereocenters. The van der Waals surface area contributed by atoms with Crippen molar-refractivity contribution in [2.45, 2.75) is 19.9 Å². The minimum Gasteiger partial charge on any atom is -0.385 e. The average molecular weight is 213 g/mol. The zero-order valence-electron chi connectivity index (χ0n) is 9.35. The molecule has 1 aromatic rings. The summed E-state index contributed by atoms with van der Waals surface area (Å²) in [5.74, 6) is 0.615. The molecule has 0 saturated carbocycles. The summed E-state index contributed by atoms with van der Waals surface area (Å²) < 4.78 is 2.17. The lowest BCUT2D eigenvalue weighted by atomic mass is 10.0. The Labute approximate surface area is 95.2 Å². The van der Waals surface area contributed by atoms with Gasteiger partial charge in [-0.3, -0.25) is 4.57 Å². The van der Waals surface area contributed by atoms with E-state index in [4.69, 9.17) is 0 Å². The normalized spacial score (nSPS) is 22.6. The predicted molar refractivity (Wildman–Crippen MR) is 65.3 cm³/mol. The first-order valence-corrected chi connectivity index (χ1v) is 5.69. The molecule has 3 heteroatoms. The van der Waals surface area contributed by atoms with Crippen LogP contribution >= 0.6 is 0 Å². The van der Waals surface area contributed by atoms with Crippen LogP contribution in [-0.4, -0.2) is 9.55 Å². The van der Waals surface area contributed by atoms with Crippen LogP contribution in [0.25, 0.3) is 11.8 Å². The van der Waals surface area contributed by atoms with Crippen molar-refractivity contribution in [3.8, 4) is 0 Å². The molecule has 0 saturated heterocycles. The standard InChI is InChI=1S/C13H15N3/c1-10-3-2-4-11(7-10)16-9-15-12-8-14-6-5-13(12)16/h2,4-7,9-10,14H,3,8H2,1H3. The largest absolute Gasteiger partial charge is 0.385 e. The number of aromatic nitrogens is 2. The van der Waals surface area contributed by atoms with Gasteiger partial charge >= 0.3 is 0 Å².